The van der Waals surface area contributed by atoms with Gasteiger partial charge in [0.15, 0.2) is 0 Å². The number of carbonyl (C=O) groups is 1. The second kappa shape index (κ2) is 9.67. The second-order valence-electron chi connectivity index (χ2n) is 6.75. The maximum atomic E-state index is 10.6. The quantitative estimate of drug-likeness (QED) is 0.766. The number of alkyl halides is 3. The summed E-state index contributed by atoms with van der Waals surface area (Å²) in [6.07, 6.45) is -0.977. The van der Waals surface area contributed by atoms with Crippen LogP contribution >= 0.6 is 11.3 Å². The van der Waals surface area contributed by atoms with E-state index in [-0.39, 0.29) is 12.2 Å². The van der Waals surface area contributed by atoms with E-state index in [1.165, 1.54) is 0 Å². The van der Waals surface area contributed by atoms with E-state index in [2.05, 4.69) is 20.1 Å². The molecule has 1 aliphatic heterocycles. The molecule has 3 atom stereocenters. The molecule has 0 aromatic carbocycles. The number of aliphatic carboxylic acids is 1. The van der Waals surface area contributed by atoms with Gasteiger partial charge in [-0.2, -0.15) is 13.2 Å². The molecule has 0 spiro atoms. The maximum Gasteiger partial charge on any atom is 0.490 e. The molecule has 0 radical (unpaired) electrons. The van der Waals surface area contributed by atoms with E-state index in [1.807, 2.05) is 25.1 Å². The largest absolute Gasteiger partial charge is 0.490 e. The van der Waals surface area contributed by atoms with E-state index in [0.29, 0.717) is 19.3 Å². The van der Waals surface area contributed by atoms with E-state index in [4.69, 9.17) is 19.4 Å². The number of ether oxygens (including phenoxy) is 2. The minimum atomic E-state index is -5.08. The van der Waals surface area contributed by atoms with Gasteiger partial charge >= 0.3 is 12.1 Å². The molecule has 1 aliphatic carbocycles. The van der Waals surface area contributed by atoms with Crippen LogP contribution in [-0.4, -0.2) is 63.8 Å². The van der Waals surface area contributed by atoms with Crippen molar-refractivity contribution in [1.29, 1.82) is 0 Å². The number of anilines is 1. The summed E-state index contributed by atoms with van der Waals surface area (Å²) >= 11 is 1.65. The molecule has 2 aliphatic rings. The van der Waals surface area contributed by atoms with Crippen LogP contribution in [0.5, 0.6) is 0 Å². The molecule has 0 amide bonds. The number of carboxylic acid groups (broad SMARTS) is 1. The molecule has 2 aromatic heterocycles. The number of aryl methyl sites for hydroxylation is 1. The van der Waals surface area contributed by atoms with Gasteiger partial charge in [-0.15, -0.1) is 10.2 Å². The summed E-state index contributed by atoms with van der Waals surface area (Å²) in [6, 6.07) is 6.23. The van der Waals surface area contributed by atoms with Crippen molar-refractivity contribution in [3.05, 3.63) is 35.1 Å². The average Bonchev–Trinajstić information content (AvgIpc) is 3.33. The fourth-order valence-electron chi connectivity index (χ4n) is 3.41. The summed E-state index contributed by atoms with van der Waals surface area (Å²) in [5.74, 6) is -2.76. The number of pyridine rings is 1. The Morgan fingerprint density at radius 2 is 2.13 bits per heavy atom. The van der Waals surface area contributed by atoms with Gasteiger partial charge in [0, 0.05) is 12.7 Å². The zero-order valence-electron chi connectivity index (χ0n) is 16.1. The standard InChI is InChI=1S/C16H20N4O2S.C2HF3O2/c1-11-18-19-16(23-11)20-8-9-21-15-13(20)5-6-14(15)22-10-12-4-2-3-7-17-12;3-2(4,5)1(6)7/h2-4,7,13-15H,5-6,8-10H2,1H3;(H,6,7)/t13-,14+,15+;/m0./s1. The van der Waals surface area contributed by atoms with Gasteiger partial charge in [0.05, 0.1) is 31.1 Å². The minimum absolute atomic E-state index is 0.108. The van der Waals surface area contributed by atoms with E-state index in [9.17, 15) is 13.2 Å². The third kappa shape index (κ3) is 5.64. The zero-order chi connectivity index (χ0) is 21.7. The lowest BCUT2D eigenvalue weighted by molar-refractivity contribution is -0.192. The fourth-order valence-corrected chi connectivity index (χ4v) is 4.18. The molecule has 30 heavy (non-hydrogen) atoms. The normalized spacial score (nSPS) is 23.5. The Hall–Kier alpha value is -2.31. The van der Waals surface area contributed by atoms with Crippen LogP contribution < -0.4 is 4.90 Å². The molecule has 12 heteroatoms. The second-order valence-corrected chi connectivity index (χ2v) is 7.91. The number of rotatable bonds is 4. The Bertz CT molecular complexity index is 836. The van der Waals surface area contributed by atoms with Crippen molar-refractivity contribution in [2.24, 2.45) is 0 Å². The van der Waals surface area contributed by atoms with Gasteiger partial charge < -0.3 is 19.5 Å². The highest BCUT2D eigenvalue weighted by Gasteiger charge is 2.44. The Labute approximate surface area is 174 Å². The molecule has 2 aromatic rings. The zero-order valence-corrected chi connectivity index (χ0v) is 16.9. The molecule has 4 rings (SSSR count). The summed E-state index contributed by atoms with van der Waals surface area (Å²) in [7, 11) is 0. The van der Waals surface area contributed by atoms with Crippen LogP contribution in [0.25, 0.3) is 0 Å². The Kier molecular flexibility index (Phi) is 7.21. The van der Waals surface area contributed by atoms with Gasteiger partial charge in [0.2, 0.25) is 5.13 Å². The van der Waals surface area contributed by atoms with Crippen LogP contribution in [0.3, 0.4) is 0 Å². The van der Waals surface area contributed by atoms with Crippen LogP contribution in [0.15, 0.2) is 24.4 Å². The van der Waals surface area contributed by atoms with Crippen molar-refractivity contribution in [3.63, 3.8) is 0 Å². The first-order chi connectivity index (χ1) is 14.3. The molecule has 2 fully saturated rings. The van der Waals surface area contributed by atoms with Gasteiger partial charge in [-0.1, -0.05) is 17.4 Å². The maximum absolute atomic E-state index is 10.6. The number of halogens is 3. The van der Waals surface area contributed by atoms with Gasteiger partial charge in [-0.3, -0.25) is 4.98 Å². The molecule has 3 heterocycles. The Morgan fingerprint density at radius 3 is 2.73 bits per heavy atom. The minimum Gasteiger partial charge on any atom is -0.475 e. The molecule has 164 valence electrons. The van der Waals surface area contributed by atoms with Crippen molar-refractivity contribution in [2.45, 2.75) is 50.8 Å². The van der Waals surface area contributed by atoms with Crippen LogP contribution in [0.4, 0.5) is 18.3 Å². The summed E-state index contributed by atoms with van der Waals surface area (Å²) in [4.78, 5) is 15.6. The summed E-state index contributed by atoms with van der Waals surface area (Å²) < 4.78 is 43.9. The van der Waals surface area contributed by atoms with Crippen LogP contribution in [0, 0.1) is 6.92 Å². The monoisotopic (exact) mass is 446 g/mol. The fraction of sp³-hybridized carbons (Fsp3) is 0.556. The van der Waals surface area contributed by atoms with Crippen molar-refractivity contribution >= 4 is 22.4 Å². The van der Waals surface area contributed by atoms with Gasteiger partial charge in [0.1, 0.15) is 11.1 Å². The van der Waals surface area contributed by atoms with E-state index < -0.39 is 12.1 Å². The average molecular weight is 446 g/mol. The molecule has 1 N–H and O–H groups in total. The molecule has 0 unspecified atom stereocenters. The van der Waals surface area contributed by atoms with Crippen molar-refractivity contribution in [1.82, 2.24) is 15.2 Å². The van der Waals surface area contributed by atoms with Crippen LogP contribution in [0.1, 0.15) is 23.5 Å². The van der Waals surface area contributed by atoms with Crippen LogP contribution in [-0.2, 0) is 20.9 Å². The first-order valence-electron chi connectivity index (χ1n) is 9.25. The number of nitrogens with zero attached hydrogens (tertiary/aromatic N) is 4. The topological polar surface area (TPSA) is 97.7 Å². The molecular weight excluding hydrogens is 425 g/mol. The number of hydrogen-bond donors (Lipinski definition) is 1. The van der Waals surface area contributed by atoms with E-state index >= 15 is 0 Å². The van der Waals surface area contributed by atoms with Crippen LogP contribution in [0.2, 0.25) is 0 Å². The van der Waals surface area contributed by atoms with Crippen molar-refractivity contribution in [3.8, 4) is 0 Å². The highest BCUT2D eigenvalue weighted by atomic mass is 32.1. The summed E-state index contributed by atoms with van der Waals surface area (Å²) in [5.41, 5.74) is 0.961. The third-order valence-corrected chi connectivity index (χ3v) is 5.59. The predicted octanol–water partition coefficient (Wildman–Crippen LogP) is 2.83. The SMILES string of the molecule is Cc1nnc(N2CCO[C@H]3[C@H](OCc4ccccn4)CC[C@@H]32)s1.O=C(O)C(F)(F)F. The molecular formula is C18H21F3N4O4S. The highest BCUT2D eigenvalue weighted by Crippen LogP contribution is 2.36. The number of hydrogen-bond acceptors (Lipinski definition) is 8. The van der Waals surface area contributed by atoms with Gasteiger partial charge in [-0.05, 0) is 31.9 Å². The lowest BCUT2D eigenvalue weighted by Crippen LogP contribution is -2.51. The first-order valence-corrected chi connectivity index (χ1v) is 10.1. The molecule has 8 nitrogen and oxygen atoms in total. The van der Waals surface area contributed by atoms with Gasteiger partial charge in [0.25, 0.3) is 0 Å². The van der Waals surface area contributed by atoms with Gasteiger partial charge in [-0.25, -0.2) is 4.79 Å². The van der Waals surface area contributed by atoms with Crippen molar-refractivity contribution in [2.75, 3.05) is 18.1 Å². The summed E-state index contributed by atoms with van der Waals surface area (Å²) in [5, 5.41) is 17.6. The molecule has 1 saturated carbocycles. The molecule has 0 bridgehead atoms. The number of aromatic nitrogens is 3. The van der Waals surface area contributed by atoms with Crippen molar-refractivity contribution < 1.29 is 32.5 Å². The number of fused-ring (bicyclic) bond motifs is 1. The number of carboxylic acids is 1. The van der Waals surface area contributed by atoms with E-state index in [0.717, 1.165) is 35.2 Å². The Balaban J connectivity index is 0.000000318. The lowest BCUT2D eigenvalue weighted by Gasteiger charge is -2.38. The smallest absolute Gasteiger partial charge is 0.475 e. The summed E-state index contributed by atoms with van der Waals surface area (Å²) in [6.45, 7) is 4.12. The molecule has 1 saturated heterocycles. The highest BCUT2D eigenvalue weighted by molar-refractivity contribution is 7.15. The third-order valence-electron chi connectivity index (χ3n) is 4.71. The van der Waals surface area contributed by atoms with E-state index in [1.54, 1.807) is 17.5 Å². The number of morpholine rings is 1. The Morgan fingerprint density at radius 1 is 1.37 bits per heavy atom. The lowest BCUT2D eigenvalue weighted by atomic mass is 10.1. The predicted molar refractivity (Wildman–Crippen MR) is 101 cm³/mol. The first kappa shape index (κ1) is 22.4.